The van der Waals surface area contributed by atoms with Gasteiger partial charge >= 0.3 is 0 Å². The normalized spacial score (nSPS) is 11.8. The molecule has 0 bridgehead atoms. The first kappa shape index (κ1) is 17.4. The van der Waals surface area contributed by atoms with E-state index in [1.54, 1.807) is 18.2 Å². The van der Waals surface area contributed by atoms with Crippen molar-refractivity contribution in [1.82, 2.24) is 5.32 Å². The Morgan fingerprint density at radius 1 is 1.22 bits per heavy atom. The molecule has 0 saturated carbocycles. The summed E-state index contributed by atoms with van der Waals surface area (Å²) in [5.41, 5.74) is 1.82. The molecule has 1 atom stereocenters. The molecule has 0 aliphatic heterocycles. The van der Waals surface area contributed by atoms with E-state index in [1.807, 2.05) is 32.0 Å². The Balaban J connectivity index is 1.89. The summed E-state index contributed by atoms with van der Waals surface area (Å²) >= 11 is 6.12. The zero-order valence-corrected chi connectivity index (χ0v) is 14.3. The first-order chi connectivity index (χ1) is 11.1. The molecule has 1 N–H and O–H groups in total. The van der Waals surface area contributed by atoms with Gasteiger partial charge in [-0.25, -0.2) is 0 Å². The topological polar surface area (TPSA) is 38.3 Å². The molecule has 0 unspecified atom stereocenters. The molecule has 0 aliphatic carbocycles. The number of halogens is 1. The van der Waals surface area contributed by atoms with E-state index in [0.29, 0.717) is 22.9 Å². The fourth-order valence-electron chi connectivity index (χ4n) is 2.32. The summed E-state index contributed by atoms with van der Waals surface area (Å²) in [4.78, 5) is 12.3. The number of aryl methyl sites for hydroxylation is 1. The maximum atomic E-state index is 12.3. The predicted octanol–water partition coefficient (Wildman–Crippen LogP) is 4.49. The number of ether oxygens (including phenoxy) is 1. The summed E-state index contributed by atoms with van der Waals surface area (Å²) < 4.78 is 5.38. The number of hydrogen-bond acceptors (Lipinski definition) is 2. The van der Waals surface area contributed by atoms with Crippen LogP contribution in [0.3, 0.4) is 0 Å². The van der Waals surface area contributed by atoms with E-state index in [-0.39, 0.29) is 11.9 Å². The minimum absolute atomic E-state index is 0.0908. The molecule has 23 heavy (non-hydrogen) atoms. The number of amides is 1. The molecule has 2 aromatic carbocycles. The molecule has 0 saturated heterocycles. The lowest BCUT2D eigenvalue weighted by Crippen LogP contribution is -2.32. The van der Waals surface area contributed by atoms with Gasteiger partial charge in [0.15, 0.2) is 0 Å². The number of carbonyl (C=O) groups is 1. The third-order valence-electron chi connectivity index (χ3n) is 3.58. The van der Waals surface area contributed by atoms with E-state index < -0.39 is 0 Å². The van der Waals surface area contributed by atoms with Crippen molar-refractivity contribution in [3.8, 4) is 5.75 Å². The summed E-state index contributed by atoms with van der Waals surface area (Å²) in [6.45, 7) is 4.45. The van der Waals surface area contributed by atoms with Crippen LogP contribution in [0.5, 0.6) is 5.75 Å². The van der Waals surface area contributed by atoms with Crippen LogP contribution in [0.25, 0.3) is 0 Å². The SMILES string of the molecule is CCOc1ccc(C(=O)N[C@H](C)CCc2ccccc2)cc1Cl. The maximum absolute atomic E-state index is 12.3. The minimum Gasteiger partial charge on any atom is -0.492 e. The van der Waals surface area contributed by atoms with Gasteiger partial charge in [0.1, 0.15) is 5.75 Å². The Labute approximate surface area is 142 Å². The molecule has 0 radical (unpaired) electrons. The molecular formula is C19H22ClNO2. The number of nitrogens with one attached hydrogen (secondary N) is 1. The van der Waals surface area contributed by atoms with Gasteiger partial charge in [-0.3, -0.25) is 4.79 Å². The third-order valence-corrected chi connectivity index (χ3v) is 3.88. The highest BCUT2D eigenvalue weighted by Crippen LogP contribution is 2.25. The second kappa shape index (κ2) is 8.59. The van der Waals surface area contributed by atoms with Crippen LogP contribution in [0.2, 0.25) is 5.02 Å². The maximum Gasteiger partial charge on any atom is 0.251 e. The second-order valence-electron chi connectivity index (χ2n) is 5.48. The Morgan fingerprint density at radius 2 is 1.96 bits per heavy atom. The first-order valence-corrected chi connectivity index (χ1v) is 8.25. The predicted molar refractivity (Wildman–Crippen MR) is 94.3 cm³/mol. The highest BCUT2D eigenvalue weighted by molar-refractivity contribution is 6.32. The lowest BCUT2D eigenvalue weighted by Gasteiger charge is -2.14. The average Bonchev–Trinajstić information content (AvgIpc) is 2.56. The number of hydrogen-bond donors (Lipinski definition) is 1. The van der Waals surface area contributed by atoms with Crippen molar-refractivity contribution in [1.29, 1.82) is 0 Å². The van der Waals surface area contributed by atoms with Crippen molar-refractivity contribution in [3.05, 3.63) is 64.7 Å². The fraction of sp³-hybridized carbons (Fsp3) is 0.316. The molecule has 2 aromatic rings. The molecule has 0 fully saturated rings. The quantitative estimate of drug-likeness (QED) is 0.811. The molecule has 3 nitrogen and oxygen atoms in total. The van der Waals surface area contributed by atoms with Gasteiger partial charge in [-0.1, -0.05) is 41.9 Å². The smallest absolute Gasteiger partial charge is 0.251 e. The fourth-order valence-corrected chi connectivity index (χ4v) is 2.56. The van der Waals surface area contributed by atoms with Gasteiger partial charge in [-0.15, -0.1) is 0 Å². The molecule has 2 rings (SSSR count). The summed E-state index contributed by atoms with van der Waals surface area (Å²) in [6, 6.07) is 15.5. The van der Waals surface area contributed by atoms with Crippen LogP contribution in [-0.2, 0) is 6.42 Å². The molecule has 4 heteroatoms. The zero-order valence-electron chi connectivity index (χ0n) is 13.5. The number of carbonyl (C=O) groups excluding carboxylic acids is 1. The van der Waals surface area contributed by atoms with Crippen molar-refractivity contribution in [2.24, 2.45) is 0 Å². The Kier molecular flexibility index (Phi) is 6.48. The summed E-state index contributed by atoms with van der Waals surface area (Å²) in [5.74, 6) is 0.485. The van der Waals surface area contributed by atoms with E-state index in [2.05, 4.69) is 17.4 Å². The molecule has 0 spiro atoms. The molecular weight excluding hydrogens is 310 g/mol. The van der Waals surface area contributed by atoms with Gasteiger partial charge in [0, 0.05) is 11.6 Å². The lowest BCUT2D eigenvalue weighted by atomic mass is 10.1. The van der Waals surface area contributed by atoms with Gasteiger partial charge in [0.2, 0.25) is 0 Å². The first-order valence-electron chi connectivity index (χ1n) is 7.87. The van der Waals surface area contributed by atoms with Crippen molar-refractivity contribution in [2.45, 2.75) is 32.7 Å². The van der Waals surface area contributed by atoms with Crippen LogP contribution < -0.4 is 10.1 Å². The third kappa shape index (κ3) is 5.29. The average molecular weight is 332 g/mol. The summed E-state index contributed by atoms with van der Waals surface area (Å²) in [6.07, 6.45) is 1.83. The van der Waals surface area contributed by atoms with Gasteiger partial charge in [-0.05, 0) is 50.5 Å². The Morgan fingerprint density at radius 3 is 2.61 bits per heavy atom. The molecule has 1 amide bonds. The molecule has 0 heterocycles. The molecule has 0 aliphatic rings. The standard InChI is InChI=1S/C19H22ClNO2/c1-3-23-18-12-11-16(13-17(18)20)19(22)21-14(2)9-10-15-7-5-4-6-8-15/h4-8,11-14H,3,9-10H2,1-2H3,(H,21,22)/t14-/m1/s1. The molecule has 0 aromatic heterocycles. The summed E-state index contributed by atoms with van der Waals surface area (Å²) in [5, 5.41) is 3.46. The van der Waals surface area contributed by atoms with Crippen LogP contribution in [-0.4, -0.2) is 18.6 Å². The van der Waals surface area contributed by atoms with Crippen molar-refractivity contribution >= 4 is 17.5 Å². The Bertz CT molecular complexity index is 643. The van der Waals surface area contributed by atoms with Gasteiger partial charge in [0.05, 0.1) is 11.6 Å². The largest absolute Gasteiger partial charge is 0.492 e. The van der Waals surface area contributed by atoms with E-state index in [4.69, 9.17) is 16.3 Å². The lowest BCUT2D eigenvalue weighted by molar-refractivity contribution is 0.0938. The number of rotatable bonds is 7. The van der Waals surface area contributed by atoms with Crippen LogP contribution in [0, 0.1) is 0 Å². The van der Waals surface area contributed by atoms with Gasteiger partial charge in [0.25, 0.3) is 5.91 Å². The van der Waals surface area contributed by atoms with Crippen LogP contribution in [0.1, 0.15) is 36.2 Å². The van der Waals surface area contributed by atoms with E-state index in [0.717, 1.165) is 12.8 Å². The highest BCUT2D eigenvalue weighted by atomic mass is 35.5. The Hall–Kier alpha value is -2.00. The van der Waals surface area contributed by atoms with Crippen molar-refractivity contribution in [2.75, 3.05) is 6.61 Å². The van der Waals surface area contributed by atoms with Crippen molar-refractivity contribution in [3.63, 3.8) is 0 Å². The van der Waals surface area contributed by atoms with E-state index >= 15 is 0 Å². The molecule has 122 valence electrons. The van der Waals surface area contributed by atoms with E-state index in [9.17, 15) is 4.79 Å². The second-order valence-corrected chi connectivity index (χ2v) is 5.88. The number of benzene rings is 2. The highest BCUT2D eigenvalue weighted by Gasteiger charge is 2.12. The van der Waals surface area contributed by atoms with Gasteiger partial charge < -0.3 is 10.1 Å². The van der Waals surface area contributed by atoms with Crippen LogP contribution >= 0.6 is 11.6 Å². The summed E-state index contributed by atoms with van der Waals surface area (Å²) in [7, 11) is 0. The van der Waals surface area contributed by atoms with Crippen LogP contribution in [0.4, 0.5) is 0 Å². The van der Waals surface area contributed by atoms with Crippen molar-refractivity contribution < 1.29 is 9.53 Å². The minimum atomic E-state index is -0.115. The van der Waals surface area contributed by atoms with Gasteiger partial charge in [-0.2, -0.15) is 0 Å². The monoisotopic (exact) mass is 331 g/mol. The van der Waals surface area contributed by atoms with E-state index in [1.165, 1.54) is 5.56 Å². The van der Waals surface area contributed by atoms with Crippen LogP contribution in [0.15, 0.2) is 48.5 Å². The zero-order chi connectivity index (χ0) is 16.7.